The number of benzene rings is 1. The Morgan fingerprint density at radius 2 is 2.00 bits per heavy atom. The van der Waals surface area contributed by atoms with Gasteiger partial charge in [-0.05, 0) is 63.3 Å². The van der Waals surface area contributed by atoms with Crippen LogP contribution in [0.2, 0.25) is 5.02 Å². The summed E-state index contributed by atoms with van der Waals surface area (Å²) in [7, 11) is 0. The Labute approximate surface area is 174 Å². The number of halogens is 3. The maximum absolute atomic E-state index is 13.4. The van der Waals surface area contributed by atoms with E-state index in [1.54, 1.807) is 13.0 Å². The van der Waals surface area contributed by atoms with Crippen molar-refractivity contribution in [1.82, 2.24) is 25.2 Å². The molecule has 2 aromatic rings. The van der Waals surface area contributed by atoms with Crippen LogP contribution in [0, 0.1) is 18.7 Å². The number of hydrogen-bond acceptors (Lipinski definition) is 4. The van der Waals surface area contributed by atoms with Gasteiger partial charge in [0.1, 0.15) is 5.82 Å². The molecule has 1 aromatic carbocycles. The summed E-state index contributed by atoms with van der Waals surface area (Å²) >= 11 is 5.85. The zero-order valence-corrected chi connectivity index (χ0v) is 17.3. The van der Waals surface area contributed by atoms with E-state index in [2.05, 4.69) is 15.6 Å². The van der Waals surface area contributed by atoms with Crippen molar-refractivity contribution in [3.05, 3.63) is 40.4 Å². The highest BCUT2D eigenvalue weighted by Gasteiger charge is 2.28. The minimum atomic E-state index is -0.493. The molecule has 0 radical (unpaired) electrons. The molecule has 2 fully saturated rings. The van der Waals surface area contributed by atoms with Gasteiger partial charge in [0, 0.05) is 19.1 Å². The average molecular weight is 428 g/mol. The highest BCUT2D eigenvalue weighted by Crippen LogP contribution is 2.28. The molecule has 1 aromatic heterocycles. The fourth-order valence-electron chi connectivity index (χ4n) is 3.48. The number of likely N-dealkylation sites (tertiary alicyclic amines) is 1. The predicted octanol–water partition coefficient (Wildman–Crippen LogP) is 3.39. The summed E-state index contributed by atoms with van der Waals surface area (Å²) in [5.74, 6) is 0.266. The van der Waals surface area contributed by atoms with E-state index in [1.807, 2.05) is 4.90 Å². The Bertz CT molecular complexity index is 847. The molecule has 152 valence electrons. The van der Waals surface area contributed by atoms with Crippen molar-refractivity contribution >= 4 is 29.9 Å². The Balaban J connectivity index is 0.00000225. The van der Waals surface area contributed by atoms with E-state index in [0.29, 0.717) is 23.1 Å². The number of amides is 1. The summed E-state index contributed by atoms with van der Waals surface area (Å²) < 4.78 is 14.9. The monoisotopic (exact) mass is 427 g/mol. The quantitative estimate of drug-likeness (QED) is 0.793. The lowest BCUT2D eigenvalue weighted by Crippen LogP contribution is -2.45. The van der Waals surface area contributed by atoms with Crippen LogP contribution in [0.1, 0.15) is 41.9 Å². The molecule has 1 saturated heterocycles. The molecule has 9 heteroatoms. The molecule has 2 aliphatic rings. The molecule has 0 unspecified atom stereocenters. The van der Waals surface area contributed by atoms with Crippen molar-refractivity contribution in [3.63, 3.8) is 0 Å². The van der Waals surface area contributed by atoms with Crippen LogP contribution in [0.15, 0.2) is 18.2 Å². The van der Waals surface area contributed by atoms with E-state index in [1.165, 1.54) is 29.7 Å². The van der Waals surface area contributed by atoms with Gasteiger partial charge in [-0.15, -0.1) is 17.5 Å². The van der Waals surface area contributed by atoms with Crippen LogP contribution >= 0.6 is 24.0 Å². The summed E-state index contributed by atoms with van der Waals surface area (Å²) in [5, 5.41) is 11.8. The van der Waals surface area contributed by atoms with E-state index in [4.69, 9.17) is 11.6 Å². The molecule has 0 atom stereocenters. The third kappa shape index (κ3) is 4.47. The van der Waals surface area contributed by atoms with E-state index in [9.17, 15) is 9.18 Å². The standard InChI is InChI=1S/C19H23ClFN5O.ClH/c1-12-18(23-24-26(12)15-4-5-17(21)16(20)10-15)19(27)25-8-6-14(7-9-25)22-11-13-2-3-13;/h4-5,10,13-14,22H,2-3,6-9,11H2,1H3;1H. The normalized spacial score (nSPS) is 17.5. The number of nitrogens with one attached hydrogen (secondary N) is 1. The molecule has 4 rings (SSSR count). The van der Waals surface area contributed by atoms with Crippen LogP contribution in [-0.4, -0.2) is 51.5 Å². The number of carbonyl (C=O) groups excluding carboxylic acids is 1. The highest BCUT2D eigenvalue weighted by atomic mass is 35.5. The molecule has 1 amide bonds. The molecule has 2 heterocycles. The van der Waals surface area contributed by atoms with E-state index in [-0.39, 0.29) is 23.3 Å². The predicted molar refractivity (Wildman–Crippen MR) is 108 cm³/mol. The first-order valence-electron chi connectivity index (χ1n) is 9.43. The zero-order valence-electron chi connectivity index (χ0n) is 15.7. The first-order chi connectivity index (χ1) is 13.0. The lowest BCUT2D eigenvalue weighted by Gasteiger charge is -2.32. The van der Waals surface area contributed by atoms with Crippen molar-refractivity contribution in [2.24, 2.45) is 5.92 Å². The number of rotatable bonds is 5. The maximum Gasteiger partial charge on any atom is 0.276 e. The van der Waals surface area contributed by atoms with Gasteiger partial charge in [0.15, 0.2) is 5.69 Å². The van der Waals surface area contributed by atoms with Crippen molar-refractivity contribution in [3.8, 4) is 5.69 Å². The van der Waals surface area contributed by atoms with Gasteiger partial charge in [0.2, 0.25) is 0 Å². The summed E-state index contributed by atoms with van der Waals surface area (Å²) in [4.78, 5) is 14.7. The number of aromatic nitrogens is 3. The molecule has 1 N–H and O–H groups in total. The Hall–Kier alpha value is -1.70. The van der Waals surface area contributed by atoms with Gasteiger partial charge in [0.05, 0.1) is 16.4 Å². The minimum absolute atomic E-state index is 0. The molecule has 28 heavy (non-hydrogen) atoms. The Morgan fingerprint density at radius 3 is 2.64 bits per heavy atom. The van der Waals surface area contributed by atoms with Gasteiger partial charge in [-0.25, -0.2) is 9.07 Å². The van der Waals surface area contributed by atoms with Crippen molar-refractivity contribution < 1.29 is 9.18 Å². The Kier molecular flexibility index (Phi) is 6.58. The summed E-state index contributed by atoms with van der Waals surface area (Å²) in [5.41, 5.74) is 1.53. The lowest BCUT2D eigenvalue weighted by molar-refractivity contribution is 0.0698. The van der Waals surface area contributed by atoms with Gasteiger partial charge in [-0.1, -0.05) is 16.8 Å². The zero-order chi connectivity index (χ0) is 19.0. The fraction of sp³-hybridized carbons (Fsp3) is 0.526. The van der Waals surface area contributed by atoms with E-state index >= 15 is 0 Å². The molecule has 0 spiro atoms. The fourth-order valence-corrected chi connectivity index (χ4v) is 3.66. The SMILES string of the molecule is Cc1c(C(=O)N2CCC(NCC3CC3)CC2)nnn1-c1ccc(F)c(Cl)c1.Cl. The number of piperidine rings is 1. The van der Waals surface area contributed by atoms with Gasteiger partial charge < -0.3 is 10.2 Å². The molecule has 1 aliphatic heterocycles. The summed E-state index contributed by atoms with van der Waals surface area (Å²) in [6.45, 7) is 4.33. The summed E-state index contributed by atoms with van der Waals surface area (Å²) in [6.07, 6.45) is 4.61. The van der Waals surface area contributed by atoms with Crippen LogP contribution in [0.25, 0.3) is 5.69 Å². The topological polar surface area (TPSA) is 63.1 Å². The second kappa shape index (κ2) is 8.76. The van der Waals surface area contributed by atoms with Crippen LogP contribution in [-0.2, 0) is 0 Å². The number of hydrogen-bond donors (Lipinski definition) is 1. The average Bonchev–Trinajstić information content (AvgIpc) is 3.43. The largest absolute Gasteiger partial charge is 0.337 e. The van der Waals surface area contributed by atoms with Gasteiger partial charge >= 0.3 is 0 Å². The van der Waals surface area contributed by atoms with Crippen molar-refractivity contribution in [2.75, 3.05) is 19.6 Å². The molecular formula is C19H24Cl2FN5O. The number of nitrogens with zero attached hydrogens (tertiary/aromatic N) is 4. The minimum Gasteiger partial charge on any atom is -0.337 e. The van der Waals surface area contributed by atoms with Crippen molar-refractivity contribution in [1.29, 1.82) is 0 Å². The van der Waals surface area contributed by atoms with E-state index in [0.717, 1.165) is 38.4 Å². The first-order valence-corrected chi connectivity index (χ1v) is 9.81. The maximum atomic E-state index is 13.4. The molecule has 1 saturated carbocycles. The number of carbonyl (C=O) groups is 1. The smallest absolute Gasteiger partial charge is 0.276 e. The molecule has 6 nitrogen and oxygen atoms in total. The van der Waals surface area contributed by atoms with Crippen LogP contribution in [0.3, 0.4) is 0 Å². The van der Waals surface area contributed by atoms with Gasteiger partial charge in [-0.2, -0.15) is 0 Å². The third-order valence-corrected chi connectivity index (χ3v) is 5.71. The second-order valence-corrected chi connectivity index (χ2v) is 7.86. The van der Waals surface area contributed by atoms with Crippen LogP contribution < -0.4 is 5.32 Å². The molecule has 1 aliphatic carbocycles. The second-order valence-electron chi connectivity index (χ2n) is 7.45. The van der Waals surface area contributed by atoms with Crippen molar-refractivity contribution in [2.45, 2.75) is 38.6 Å². The molecular weight excluding hydrogens is 404 g/mol. The van der Waals surface area contributed by atoms with Crippen LogP contribution in [0.5, 0.6) is 0 Å². The van der Waals surface area contributed by atoms with Crippen LogP contribution in [0.4, 0.5) is 4.39 Å². The summed E-state index contributed by atoms with van der Waals surface area (Å²) in [6, 6.07) is 4.81. The first kappa shape index (κ1) is 21.0. The van der Waals surface area contributed by atoms with Gasteiger partial charge in [-0.3, -0.25) is 4.79 Å². The molecule has 0 bridgehead atoms. The van der Waals surface area contributed by atoms with Gasteiger partial charge in [0.25, 0.3) is 5.91 Å². The Morgan fingerprint density at radius 1 is 1.29 bits per heavy atom. The van der Waals surface area contributed by atoms with E-state index < -0.39 is 5.82 Å². The highest BCUT2D eigenvalue weighted by molar-refractivity contribution is 6.30. The lowest BCUT2D eigenvalue weighted by atomic mass is 10.0. The third-order valence-electron chi connectivity index (χ3n) is 5.42.